The maximum absolute atomic E-state index is 6.34. The van der Waals surface area contributed by atoms with Crippen LogP contribution >= 0.6 is 0 Å². The molecule has 0 aromatic heterocycles. The van der Waals surface area contributed by atoms with Crippen molar-refractivity contribution in [3.05, 3.63) is 64.7 Å². The molecule has 0 aliphatic carbocycles. The van der Waals surface area contributed by atoms with Gasteiger partial charge in [0.15, 0.2) is 0 Å². The molecule has 0 heterocycles. The van der Waals surface area contributed by atoms with Crippen LogP contribution in [0, 0.1) is 13.8 Å². The van der Waals surface area contributed by atoms with Crippen molar-refractivity contribution < 1.29 is 4.74 Å². The van der Waals surface area contributed by atoms with Crippen LogP contribution in [0.1, 0.15) is 28.3 Å². The Labute approximate surface area is 108 Å². The van der Waals surface area contributed by atoms with E-state index in [1.807, 2.05) is 24.3 Å². The number of nitrogens with two attached hydrogens (primary N) is 1. The van der Waals surface area contributed by atoms with E-state index >= 15 is 0 Å². The van der Waals surface area contributed by atoms with Crippen molar-refractivity contribution in [2.45, 2.75) is 19.9 Å². The Hall–Kier alpha value is -1.80. The first-order valence-electron chi connectivity index (χ1n) is 6.09. The molecule has 2 aromatic carbocycles. The summed E-state index contributed by atoms with van der Waals surface area (Å²) in [6.45, 7) is 4.23. The number of hydrogen-bond acceptors (Lipinski definition) is 2. The standard InChI is InChI=1S/C16H19NO/c1-11-5-4-6-15(12(11)2)16(17)13-7-9-14(18-3)10-8-13/h4-10,16H,17H2,1-3H3. The smallest absolute Gasteiger partial charge is 0.118 e. The van der Waals surface area contributed by atoms with Gasteiger partial charge in [-0.05, 0) is 48.2 Å². The molecule has 0 radical (unpaired) electrons. The average molecular weight is 241 g/mol. The van der Waals surface area contributed by atoms with Crippen molar-refractivity contribution in [1.82, 2.24) is 0 Å². The first kappa shape index (κ1) is 12.7. The third kappa shape index (κ3) is 2.39. The molecule has 0 saturated heterocycles. The van der Waals surface area contributed by atoms with Crippen LogP contribution in [-0.2, 0) is 0 Å². The minimum atomic E-state index is -0.0872. The quantitative estimate of drug-likeness (QED) is 0.894. The van der Waals surface area contributed by atoms with Crippen LogP contribution in [0.5, 0.6) is 5.75 Å². The zero-order chi connectivity index (χ0) is 13.1. The van der Waals surface area contributed by atoms with Crippen LogP contribution < -0.4 is 10.5 Å². The summed E-state index contributed by atoms with van der Waals surface area (Å²) in [4.78, 5) is 0. The van der Waals surface area contributed by atoms with E-state index in [9.17, 15) is 0 Å². The lowest BCUT2D eigenvalue weighted by atomic mass is 9.93. The molecule has 94 valence electrons. The molecule has 0 bridgehead atoms. The lowest BCUT2D eigenvalue weighted by Crippen LogP contribution is -2.13. The number of ether oxygens (including phenoxy) is 1. The van der Waals surface area contributed by atoms with E-state index in [0.29, 0.717) is 0 Å². The highest BCUT2D eigenvalue weighted by atomic mass is 16.5. The highest BCUT2D eigenvalue weighted by molar-refractivity contribution is 5.41. The van der Waals surface area contributed by atoms with Gasteiger partial charge in [0.2, 0.25) is 0 Å². The van der Waals surface area contributed by atoms with Crippen molar-refractivity contribution in [2.75, 3.05) is 7.11 Å². The summed E-state index contributed by atoms with van der Waals surface area (Å²) in [5, 5.41) is 0. The molecule has 1 unspecified atom stereocenters. The molecule has 1 atom stereocenters. The van der Waals surface area contributed by atoms with Gasteiger partial charge >= 0.3 is 0 Å². The molecule has 2 rings (SSSR count). The second-order valence-electron chi connectivity index (χ2n) is 4.54. The van der Waals surface area contributed by atoms with E-state index in [2.05, 4.69) is 32.0 Å². The molecule has 0 aliphatic rings. The second-order valence-corrected chi connectivity index (χ2v) is 4.54. The maximum atomic E-state index is 6.34. The summed E-state index contributed by atoms with van der Waals surface area (Å²) in [5.74, 6) is 0.854. The van der Waals surface area contributed by atoms with E-state index in [4.69, 9.17) is 10.5 Å². The predicted octanol–water partition coefficient (Wildman–Crippen LogP) is 3.36. The average Bonchev–Trinajstić information content (AvgIpc) is 2.41. The number of rotatable bonds is 3. The minimum Gasteiger partial charge on any atom is -0.497 e. The van der Waals surface area contributed by atoms with Gasteiger partial charge in [0.1, 0.15) is 5.75 Å². The Morgan fingerprint density at radius 3 is 2.28 bits per heavy atom. The molecule has 0 amide bonds. The monoisotopic (exact) mass is 241 g/mol. The molecule has 18 heavy (non-hydrogen) atoms. The number of aryl methyl sites for hydroxylation is 1. The summed E-state index contributed by atoms with van der Waals surface area (Å²) < 4.78 is 5.16. The molecule has 0 aliphatic heterocycles. The van der Waals surface area contributed by atoms with E-state index < -0.39 is 0 Å². The van der Waals surface area contributed by atoms with Crippen LogP contribution in [0.3, 0.4) is 0 Å². The van der Waals surface area contributed by atoms with E-state index in [1.165, 1.54) is 16.7 Å². The number of benzene rings is 2. The normalized spacial score (nSPS) is 12.2. The van der Waals surface area contributed by atoms with Crippen LogP contribution in [-0.4, -0.2) is 7.11 Å². The minimum absolute atomic E-state index is 0.0872. The van der Waals surface area contributed by atoms with Gasteiger partial charge in [-0.15, -0.1) is 0 Å². The van der Waals surface area contributed by atoms with Gasteiger partial charge in [0.05, 0.1) is 13.2 Å². The van der Waals surface area contributed by atoms with E-state index in [0.717, 1.165) is 11.3 Å². The molecule has 2 heteroatoms. The van der Waals surface area contributed by atoms with Crippen LogP contribution in [0.15, 0.2) is 42.5 Å². The number of methoxy groups -OCH3 is 1. The Morgan fingerprint density at radius 2 is 1.67 bits per heavy atom. The molecule has 2 N–H and O–H groups in total. The molecular formula is C16H19NO. The fourth-order valence-corrected chi connectivity index (χ4v) is 2.10. The van der Waals surface area contributed by atoms with Crippen LogP contribution in [0.4, 0.5) is 0 Å². The Morgan fingerprint density at radius 1 is 1.00 bits per heavy atom. The Balaban J connectivity index is 2.35. The van der Waals surface area contributed by atoms with Crippen molar-refractivity contribution >= 4 is 0 Å². The maximum Gasteiger partial charge on any atom is 0.118 e. The highest BCUT2D eigenvalue weighted by Crippen LogP contribution is 2.25. The van der Waals surface area contributed by atoms with Crippen LogP contribution in [0.2, 0.25) is 0 Å². The first-order valence-corrected chi connectivity index (χ1v) is 6.09. The summed E-state index contributed by atoms with van der Waals surface area (Å²) in [5.41, 5.74) is 11.2. The van der Waals surface area contributed by atoms with Gasteiger partial charge in [-0.25, -0.2) is 0 Å². The van der Waals surface area contributed by atoms with Gasteiger partial charge in [-0.1, -0.05) is 30.3 Å². The van der Waals surface area contributed by atoms with Crippen LogP contribution in [0.25, 0.3) is 0 Å². The van der Waals surface area contributed by atoms with Crippen molar-refractivity contribution in [3.8, 4) is 5.75 Å². The lowest BCUT2D eigenvalue weighted by Gasteiger charge is -2.17. The fourth-order valence-electron chi connectivity index (χ4n) is 2.10. The van der Waals surface area contributed by atoms with Gasteiger partial charge < -0.3 is 10.5 Å². The highest BCUT2D eigenvalue weighted by Gasteiger charge is 2.12. The molecule has 0 saturated carbocycles. The zero-order valence-electron chi connectivity index (χ0n) is 11.1. The third-order valence-electron chi connectivity index (χ3n) is 3.46. The van der Waals surface area contributed by atoms with Crippen molar-refractivity contribution in [2.24, 2.45) is 5.73 Å². The van der Waals surface area contributed by atoms with E-state index in [1.54, 1.807) is 7.11 Å². The molecule has 0 spiro atoms. The molecule has 2 aromatic rings. The predicted molar refractivity (Wildman–Crippen MR) is 74.9 cm³/mol. The SMILES string of the molecule is COc1ccc(C(N)c2cccc(C)c2C)cc1. The van der Waals surface area contributed by atoms with Gasteiger partial charge in [0.25, 0.3) is 0 Å². The fraction of sp³-hybridized carbons (Fsp3) is 0.250. The second kappa shape index (κ2) is 5.23. The summed E-state index contributed by atoms with van der Waals surface area (Å²) in [7, 11) is 1.67. The molecule has 0 fully saturated rings. The number of hydrogen-bond donors (Lipinski definition) is 1. The summed E-state index contributed by atoms with van der Waals surface area (Å²) in [6.07, 6.45) is 0. The van der Waals surface area contributed by atoms with Gasteiger partial charge in [0, 0.05) is 0 Å². The van der Waals surface area contributed by atoms with Crippen molar-refractivity contribution in [3.63, 3.8) is 0 Å². The first-order chi connectivity index (χ1) is 8.63. The Bertz CT molecular complexity index is 531. The Kier molecular flexibility index (Phi) is 3.68. The largest absolute Gasteiger partial charge is 0.497 e. The summed E-state index contributed by atoms with van der Waals surface area (Å²) >= 11 is 0. The zero-order valence-corrected chi connectivity index (χ0v) is 11.1. The molecule has 2 nitrogen and oxygen atoms in total. The summed E-state index contributed by atoms with van der Waals surface area (Å²) in [6, 6.07) is 14.1. The van der Waals surface area contributed by atoms with E-state index in [-0.39, 0.29) is 6.04 Å². The lowest BCUT2D eigenvalue weighted by molar-refractivity contribution is 0.414. The van der Waals surface area contributed by atoms with Crippen molar-refractivity contribution in [1.29, 1.82) is 0 Å². The molecular weight excluding hydrogens is 222 g/mol. The van der Waals surface area contributed by atoms with Gasteiger partial charge in [-0.2, -0.15) is 0 Å². The topological polar surface area (TPSA) is 35.2 Å². The third-order valence-corrected chi connectivity index (χ3v) is 3.46. The van der Waals surface area contributed by atoms with Gasteiger partial charge in [-0.3, -0.25) is 0 Å².